The Morgan fingerprint density at radius 3 is 2.84 bits per heavy atom. The highest BCUT2D eigenvalue weighted by atomic mass is 16.2. The molecule has 0 N–H and O–H groups in total. The van der Waals surface area contributed by atoms with Crippen LogP contribution in [0.3, 0.4) is 0 Å². The molecule has 1 amide bonds. The second-order valence-corrected chi connectivity index (χ2v) is 8.74. The van der Waals surface area contributed by atoms with Gasteiger partial charge < -0.3 is 4.90 Å². The molecule has 5 rings (SSSR count). The molecule has 2 aliphatic heterocycles. The number of rotatable bonds is 5. The zero-order valence-corrected chi connectivity index (χ0v) is 18.2. The highest BCUT2D eigenvalue weighted by Gasteiger charge is 2.28. The lowest BCUT2D eigenvalue weighted by Crippen LogP contribution is -2.36. The number of likely N-dealkylation sites (tertiary alicyclic amines) is 1. The summed E-state index contributed by atoms with van der Waals surface area (Å²) in [4.78, 5) is 17.4. The first-order valence-corrected chi connectivity index (χ1v) is 11.1. The molecule has 1 aromatic carbocycles. The van der Waals surface area contributed by atoms with Crippen LogP contribution >= 0.6 is 0 Å². The Morgan fingerprint density at radius 1 is 1.19 bits per heavy atom. The maximum absolute atomic E-state index is 13.0. The molecule has 0 bridgehead atoms. The van der Waals surface area contributed by atoms with E-state index in [1.165, 1.54) is 23.2 Å². The van der Waals surface area contributed by atoms with Crippen molar-refractivity contribution in [2.75, 3.05) is 13.1 Å². The first kappa shape index (κ1) is 19.9. The number of carbonyl (C=O) groups is 1. The summed E-state index contributed by atoms with van der Waals surface area (Å²) >= 11 is 0. The molecule has 4 heterocycles. The Hall–Kier alpha value is -3.00. The lowest BCUT2D eigenvalue weighted by Gasteiger charge is -2.28. The van der Waals surface area contributed by atoms with E-state index in [0.717, 1.165) is 44.7 Å². The predicted molar refractivity (Wildman–Crippen MR) is 116 cm³/mol. The largest absolute Gasteiger partial charge is 0.333 e. The normalized spacial score (nSPS) is 19.0. The molecule has 8 heteroatoms. The summed E-state index contributed by atoms with van der Waals surface area (Å²) in [6.45, 7) is 6.10. The molecular formula is C23H29N7O. The van der Waals surface area contributed by atoms with E-state index in [1.807, 2.05) is 40.5 Å². The number of aromatic nitrogens is 5. The Kier molecular flexibility index (Phi) is 5.31. The number of amides is 1. The van der Waals surface area contributed by atoms with E-state index < -0.39 is 0 Å². The topological polar surface area (TPSA) is 72.1 Å². The van der Waals surface area contributed by atoms with Crippen LogP contribution < -0.4 is 0 Å². The third kappa shape index (κ3) is 4.12. The smallest absolute Gasteiger partial charge is 0.276 e. The van der Waals surface area contributed by atoms with Crippen molar-refractivity contribution < 1.29 is 4.79 Å². The Morgan fingerprint density at radius 2 is 2.03 bits per heavy atom. The number of carbonyl (C=O) groups excluding carboxylic acids is 1. The van der Waals surface area contributed by atoms with E-state index in [9.17, 15) is 4.79 Å². The van der Waals surface area contributed by atoms with Crippen LogP contribution in [0.15, 0.2) is 36.5 Å². The van der Waals surface area contributed by atoms with Crippen LogP contribution in [0.2, 0.25) is 0 Å². The van der Waals surface area contributed by atoms with Crippen molar-refractivity contribution in [2.45, 2.75) is 51.9 Å². The minimum absolute atomic E-state index is 0.0330. The number of fused-ring (bicyclic) bond motifs is 1. The van der Waals surface area contributed by atoms with Gasteiger partial charge in [0, 0.05) is 32.7 Å². The van der Waals surface area contributed by atoms with Crippen LogP contribution in [0, 0.1) is 6.92 Å². The van der Waals surface area contributed by atoms with Gasteiger partial charge in [0.2, 0.25) is 0 Å². The van der Waals surface area contributed by atoms with Crippen molar-refractivity contribution in [2.24, 2.45) is 7.05 Å². The van der Waals surface area contributed by atoms with E-state index in [4.69, 9.17) is 0 Å². The zero-order valence-electron chi connectivity index (χ0n) is 18.2. The maximum atomic E-state index is 13.0. The van der Waals surface area contributed by atoms with Crippen LogP contribution in [-0.2, 0) is 33.1 Å². The van der Waals surface area contributed by atoms with Crippen molar-refractivity contribution in [3.05, 3.63) is 64.7 Å². The van der Waals surface area contributed by atoms with Crippen LogP contribution in [0.25, 0.3) is 0 Å². The minimum atomic E-state index is -0.0330. The van der Waals surface area contributed by atoms with E-state index in [-0.39, 0.29) is 5.91 Å². The first-order valence-electron chi connectivity index (χ1n) is 11.1. The molecule has 1 atom stereocenters. The third-order valence-electron chi connectivity index (χ3n) is 6.54. The summed E-state index contributed by atoms with van der Waals surface area (Å²) in [5.74, 6) is -0.0330. The average Bonchev–Trinajstić information content (AvgIpc) is 3.49. The van der Waals surface area contributed by atoms with Crippen molar-refractivity contribution in [3.8, 4) is 0 Å². The molecule has 162 valence electrons. The van der Waals surface area contributed by atoms with Crippen molar-refractivity contribution >= 4 is 5.91 Å². The van der Waals surface area contributed by atoms with Crippen LogP contribution in [-0.4, -0.2) is 59.6 Å². The van der Waals surface area contributed by atoms with Gasteiger partial charge in [-0.05, 0) is 49.9 Å². The zero-order chi connectivity index (χ0) is 21.4. The van der Waals surface area contributed by atoms with Crippen molar-refractivity contribution in [1.29, 1.82) is 0 Å². The molecule has 0 aliphatic carbocycles. The second kappa shape index (κ2) is 8.26. The van der Waals surface area contributed by atoms with Crippen LogP contribution in [0.1, 0.15) is 45.8 Å². The summed E-state index contributed by atoms with van der Waals surface area (Å²) in [5, 5.41) is 12.9. The van der Waals surface area contributed by atoms with Gasteiger partial charge in [0.15, 0.2) is 5.69 Å². The molecule has 0 saturated carbocycles. The molecule has 2 aromatic heterocycles. The molecule has 2 aliphatic rings. The predicted octanol–water partition coefficient (Wildman–Crippen LogP) is 2.18. The molecule has 1 saturated heterocycles. The fourth-order valence-electron chi connectivity index (χ4n) is 4.86. The number of hydrogen-bond donors (Lipinski definition) is 0. The van der Waals surface area contributed by atoms with Gasteiger partial charge in [-0.15, -0.1) is 5.10 Å². The Balaban J connectivity index is 1.23. The van der Waals surface area contributed by atoms with Gasteiger partial charge >= 0.3 is 0 Å². The summed E-state index contributed by atoms with van der Waals surface area (Å²) in [7, 11) is 2.00. The van der Waals surface area contributed by atoms with Gasteiger partial charge in [0.05, 0.1) is 24.1 Å². The number of hydrogen-bond acceptors (Lipinski definition) is 5. The van der Waals surface area contributed by atoms with Gasteiger partial charge in [0.25, 0.3) is 5.91 Å². The molecule has 0 spiro atoms. The number of nitrogens with zero attached hydrogens (tertiary/aromatic N) is 7. The van der Waals surface area contributed by atoms with Crippen LogP contribution in [0.4, 0.5) is 0 Å². The van der Waals surface area contributed by atoms with Gasteiger partial charge in [-0.2, -0.15) is 5.10 Å². The van der Waals surface area contributed by atoms with Gasteiger partial charge in [-0.1, -0.05) is 29.5 Å². The van der Waals surface area contributed by atoms with E-state index >= 15 is 0 Å². The van der Waals surface area contributed by atoms with Crippen molar-refractivity contribution in [3.63, 3.8) is 0 Å². The molecule has 0 radical (unpaired) electrons. The monoisotopic (exact) mass is 419 g/mol. The summed E-state index contributed by atoms with van der Waals surface area (Å²) < 4.78 is 3.80. The minimum Gasteiger partial charge on any atom is -0.333 e. The molecule has 3 aromatic rings. The second-order valence-electron chi connectivity index (χ2n) is 8.74. The Labute approximate surface area is 182 Å². The Bertz CT molecular complexity index is 1090. The third-order valence-corrected chi connectivity index (χ3v) is 6.54. The number of benzene rings is 1. The lowest BCUT2D eigenvalue weighted by atomic mass is 10.00. The van der Waals surface area contributed by atoms with E-state index in [1.54, 1.807) is 0 Å². The highest BCUT2D eigenvalue weighted by molar-refractivity contribution is 5.92. The number of aryl methyl sites for hydroxylation is 2. The summed E-state index contributed by atoms with van der Waals surface area (Å²) in [6, 6.07) is 10.9. The standard InChI is InChI=1S/C23H29N7O/c1-17-12-21(27(2)25-17)14-28-10-5-8-20(28)15-30-16-22(24-26-30)23(31)29-11-9-18-6-3-4-7-19(18)13-29/h3-4,6-7,12,16,20H,5,8-11,13-15H2,1-2H3. The van der Waals surface area contributed by atoms with Crippen molar-refractivity contribution in [1.82, 2.24) is 34.6 Å². The van der Waals surface area contributed by atoms with Gasteiger partial charge in [0.1, 0.15) is 0 Å². The summed E-state index contributed by atoms with van der Waals surface area (Å²) in [6.07, 6.45) is 5.01. The molecular weight excluding hydrogens is 390 g/mol. The lowest BCUT2D eigenvalue weighted by molar-refractivity contribution is 0.0728. The van der Waals surface area contributed by atoms with Gasteiger partial charge in [-0.3, -0.25) is 19.1 Å². The van der Waals surface area contributed by atoms with Crippen LogP contribution in [0.5, 0.6) is 0 Å². The van der Waals surface area contributed by atoms with Gasteiger partial charge in [-0.25, -0.2) is 0 Å². The fourth-order valence-corrected chi connectivity index (χ4v) is 4.86. The van der Waals surface area contributed by atoms with E-state index in [2.05, 4.69) is 44.6 Å². The van der Waals surface area contributed by atoms with E-state index in [0.29, 0.717) is 18.3 Å². The average molecular weight is 420 g/mol. The molecule has 1 unspecified atom stereocenters. The quantitative estimate of drug-likeness (QED) is 0.634. The molecule has 31 heavy (non-hydrogen) atoms. The highest BCUT2D eigenvalue weighted by Crippen LogP contribution is 2.22. The molecule has 1 fully saturated rings. The SMILES string of the molecule is Cc1cc(CN2CCCC2Cn2cc(C(=O)N3CCc4ccccc4C3)nn2)n(C)n1. The first-order chi connectivity index (χ1) is 15.1. The maximum Gasteiger partial charge on any atom is 0.276 e. The molecule has 8 nitrogen and oxygen atoms in total. The summed E-state index contributed by atoms with van der Waals surface area (Å²) in [5.41, 5.74) is 5.27. The fraction of sp³-hybridized carbons (Fsp3) is 0.478.